The molecular formula is C13H17Cl2NO2S. The molecule has 2 atom stereocenters. The monoisotopic (exact) mass is 321 g/mol. The number of hydrogen-bond donors (Lipinski definition) is 2. The van der Waals surface area contributed by atoms with E-state index >= 15 is 0 Å². The van der Waals surface area contributed by atoms with Crippen LogP contribution >= 0.6 is 35.0 Å². The van der Waals surface area contributed by atoms with Crippen LogP contribution in [0.4, 0.5) is 0 Å². The van der Waals surface area contributed by atoms with Gasteiger partial charge in [0.1, 0.15) is 0 Å². The minimum atomic E-state index is -0.911. The van der Waals surface area contributed by atoms with Crippen molar-refractivity contribution in [1.82, 2.24) is 5.32 Å². The Bertz CT molecular complexity index is 422. The van der Waals surface area contributed by atoms with E-state index in [9.17, 15) is 9.90 Å². The van der Waals surface area contributed by atoms with Gasteiger partial charge in [0.2, 0.25) is 5.91 Å². The zero-order valence-electron chi connectivity index (χ0n) is 10.8. The third-order valence-electron chi connectivity index (χ3n) is 2.67. The van der Waals surface area contributed by atoms with Crippen LogP contribution in [0.1, 0.15) is 18.6 Å². The normalized spacial score (nSPS) is 13.9. The lowest BCUT2D eigenvalue weighted by molar-refractivity contribution is -0.124. The summed E-state index contributed by atoms with van der Waals surface area (Å²) in [5, 5.41) is 13.5. The first-order chi connectivity index (χ1) is 8.97. The molecule has 1 rings (SSSR count). The second-order valence-electron chi connectivity index (χ2n) is 4.25. The number of hydrogen-bond acceptors (Lipinski definition) is 3. The van der Waals surface area contributed by atoms with Gasteiger partial charge in [0.05, 0.1) is 6.10 Å². The topological polar surface area (TPSA) is 49.3 Å². The fourth-order valence-electron chi connectivity index (χ4n) is 1.63. The largest absolute Gasteiger partial charge is 0.386 e. The molecule has 0 aromatic heterocycles. The number of carbonyl (C=O) groups excluding carboxylic acids is 1. The summed E-state index contributed by atoms with van der Waals surface area (Å²) < 4.78 is 0. The van der Waals surface area contributed by atoms with Gasteiger partial charge in [-0.25, -0.2) is 0 Å². The van der Waals surface area contributed by atoms with E-state index in [2.05, 4.69) is 5.32 Å². The van der Waals surface area contributed by atoms with Crippen molar-refractivity contribution in [3.8, 4) is 0 Å². The first-order valence-electron chi connectivity index (χ1n) is 5.86. The predicted octanol–water partition coefficient (Wildman–Crippen LogP) is 3.14. The highest BCUT2D eigenvalue weighted by molar-refractivity contribution is 7.98. The van der Waals surface area contributed by atoms with Gasteiger partial charge < -0.3 is 10.4 Å². The van der Waals surface area contributed by atoms with Crippen LogP contribution in [-0.2, 0) is 4.79 Å². The van der Waals surface area contributed by atoms with Gasteiger partial charge in [0.15, 0.2) is 0 Å². The van der Waals surface area contributed by atoms with E-state index in [1.54, 1.807) is 30.0 Å². The molecule has 0 heterocycles. The summed E-state index contributed by atoms with van der Waals surface area (Å²) in [5.74, 6) is 0.565. The van der Waals surface area contributed by atoms with Crippen molar-refractivity contribution in [3.63, 3.8) is 0 Å². The van der Waals surface area contributed by atoms with Crippen LogP contribution in [0.2, 0.25) is 10.0 Å². The number of benzene rings is 1. The molecule has 1 amide bonds. The van der Waals surface area contributed by atoms with Crippen molar-refractivity contribution in [2.24, 2.45) is 5.92 Å². The lowest BCUT2D eigenvalue weighted by atomic mass is 10.1. The molecular weight excluding hydrogens is 305 g/mol. The first-order valence-corrected chi connectivity index (χ1v) is 8.01. The number of carbonyl (C=O) groups is 1. The van der Waals surface area contributed by atoms with Gasteiger partial charge in [-0.2, -0.15) is 11.8 Å². The molecule has 0 unspecified atom stereocenters. The minimum absolute atomic E-state index is 0.0865. The van der Waals surface area contributed by atoms with Gasteiger partial charge in [-0.05, 0) is 18.4 Å². The van der Waals surface area contributed by atoms with Crippen molar-refractivity contribution < 1.29 is 9.90 Å². The molecule has 0 saturated carbocycles. The Morgan fingerprint density at radius 2 is 2.00 bits per heavy atom. The third kappa shape index (κ3) is 4.88. The summed E-state index contributed by atoms with van der Waals surface area (Å²) in [6.07, 6.45) is 1.04. The summed E-state index contributed by atoms with van der Waals surface area (Å²) in [7, 11) is 0. The average Bonchev–Trinajstić information content (AvgIpc) is 2.36. The Labute approximate surface area is 127 Å². The van der Waals surface area contributed by atoms with E-state index < -0.39 is 6.10 Å². The van der Waals surface area contributed by atoms with E-state index in [1.807, 2.05) is 13.2 Å². The van der Waals surface area contributed by atoms with Crippen LogP contribution in [-0.4, -0.2) is 29.6 Å². The highest BCUT2D eigenvalue weighted by atomic mass is 35.5. The van der Waals surface area contributed by atoms with Gasteiger partial charge in [0, 0.05) is 33.8 Å². The fraction of sp³-hybridized carbons (Fsp3) is 0.462. The van der Waals surface area contributed by atoms with E-state index in [1.165, 1.54) is 0 Å². The standard InChI is InChI=1S/C13H17Cl2NO2S/c1-8(7-19-2)13(18)16-6-11(17)12-9(14)4-3-5-10(12)15/h3-5,8,11,17H,6-7H2,1-2H3,(H,16,18)/t8-,11+/m0/s1. The first kappa shape index (κ1) is 16.6. The van der Waals surface area contributed by atoms with Crippen LogP contribution in [0.15, 0.2) is 18.2 Å². The van der Waals surface area contributed by atoms with Crippen molar-refractivity contribution in [3.05, 3.63) is 33.8 Å². The number of nitrogens with one attached hydrogen (secondary N) is 1. The van der Waals surface area contributed by atoms with Crippen LogP contribution in [0.5, 0.6) is 0 Å². The number of rotatable bonds is 6. The second-order valence-corrected chi connectivity index (χ2v) is 5.98. The smallest absolute Gasteiger partial charge is 0.223 e. The highest BCUT2D eigenvalue weighted by Crippen LogP contribution is 2.29. The Hall–Kier alpha value is -0.420. The second kappa shape index (κ2) is 8.00. The Kier molecular flexibility index (Phi) is 7.00. The van der Waals surface area contributed by atoms with Crippen molar-refractivity contribution in [1.29, 1.82) is 0 Å². The Balaban J connectivity index is 2.61. The van der Waals surface area contributed by atoms with Crippen molar-refractivity contribution in [2.75, 3.05) is 18.6 Å². The molecule has 3 nitrogen and oxygen atoms in total. The number of amides is 1. The van der Waals surface area contributed by atoms with E-state index in [-0.39, 0.29) is 18.4 Å². The molecule has 0 aliphatic carbocycles. The quantitative estimate of drug-likeness (QED) is 0.846. The molecule has 2 N–H and O–H groups in total. The van der Waals surface area contributed by atoms with Crippen molar-refractivity contribution in [2.45, 2.75) is 13.0 Å². The van der Waals surface area contributed by atoms with Crippen LogP contribution in [0.25, 0.3) is 0 Å². The maximum Gasteiger partial charge on any atom is 0.223 e. The van der Waals surface area contributed by atoms with Crippen molar-refractivity contribution >= 4 is 40.9 Å². The van der Waals surface area contributed by atoms with Gasteiger partial charge >= 0.3 is 0 Å². The van der Waals surface area contributed by atoms with E-state index in [0.29, 0.717) is 15.6 Å². The average molecular weight is 322 g/mol. The molecule has 0 saturated heterocycles. The van der Waals surface area contributed by atoms with E-state index in [0.717, 1.165) is 5.75 Å². The molecule has 0 aliphatic heterocycles. The number of thioether (sulfide) groups is 1. The number of aliphatic hydroxyl groups is 1. The van der Waals surface area contributed by atoms with Gasteiger partial charge in [-0.15, -0.1) is 0 Å². The molecule has 6 heteroatoms. The Morgan fingerprint density at radius 3 is 2.53 bits per heavy atom. The molecule has 0 aliphatic rings. The minimum Gasteiger partial charge on any atom is -0.386 e. The summed E-state index contributed by atoms with van der Waals surface area (Å²) in [4.78, 5) is 11.7. The summed E-state index contributed by atoms with van der Waals surface area (Å²) in [5.41, 5.74) is 0.448. The van der Waals surface area contributed by atoms with Gasteiger partial charge in [0.25, 0.3) is 0 Å². The van der Waals surface area contributed by atoms with Gasteiger partial charge in [-0.3, -0.25) is 4.79 Å². The van der Waals surface area contributed by atoms with Gasteiger partial charge in [-0.1, -0.05) is 36.2 Å². The van der Waals surface area contributed by atoms with Crippen LogP contribution in [0, 0.1) is 5.92 Å². The van der Waals surface area contributed by atoms with Crippen LogP contribution in [0.3, 0.4) is 0 Å². The molecule has 0 spiro atoms. The summed E-state index contributed by atoms with van der Waals surface area (Å²) >= 11 is 13.6. The lowest BCUT2D eigenvalue weighted by Gasteiger charge is -2.17. The molecule has 1 aromatic carbocycles. The molecule has 0 radical (unpaired) electrons. The summed E-state index contributed by atoms with van der Waals surface area (Å²) in [6, 6.07) is 5.02. The maximum atomic E-state index is 11.7. The predicted molar refractivity (Wildman–Crippen MR) is 82.0 cm³/mol. The van der Waals surface area contributed by atoms with Crippen LogP contribution < -0.4 is 5.32 Å². The zero-order valence-corrected chi connectivity index (χ0v) is 13.1. The van der Waals surface area contributed by atoms with E-state index in [4.69, 9.17) is 23.2 Å². The molecule has 0 bridgehead atoms. The molecule has 19 heavy (non-hydrogen) atoms. The zero-order chi connectivity index (χ0) is 14.4. The lowest BCUT2D eigenvalue weighted by Crippen LogP contribution is -2.33. The molecule has 1 aromatic rings. The SMILES string of the molecule is CSC[C@H](C)C(=O)NC[C@@H](O)c1c(Cl)cccc1Cl. The highest BCUT2D eigenvalue weighted by Gasteiger charge is 2.18. The Morgan fingerprint density at radius 1 is 1.42 bits per heavy atom. The maximum absolute atomic E-state index is 11.7. The fourth-order valence-corrected chi connectivity index (χ4v) is 2.93. The number of aliphatic hydroxyl groups excluding tert-OH is 1. The third-order valence-corrected chi connectivity index (χ3v) is 4.16. The summed E-state index contributed by atoms with van der Waals surface area (Å²) in [6.45, 7) is 1.95. The molecule has 0 fully saturated rings. The molecule has 106 valence electrons. The number of halogens is 2.